The summed E-state index contributed by atoms with van der Waals surface area (Å²) in [6, 6.07) is 0. The molecule has 0 aliphatic rings. The minimum absolute atomic E-state index is 0.154. The summed E-state index contributed by atoms with van der Waals surface area (Å²) in [6.07, 6.45) is 0. The van der Waals surface area contributed by atoms with Crippen molar-refractivity contribution in [3.05, 3.63) is 23.3 Å². The highest BCUT2D eigenvalue weighted by Crippen LogP contribution is 1.92. The number of halogens is 1. The van der Waals surface area contributed by atoms with Crippen molar-refractivity contribution in [1.82, 2.24) is 0 Å². The lowest BCUT2D eigenvalue weighted by Gasteiger charge is -1.82. The van der Waals surface area contributed by atoms with E-state index in [0.29, 0.717) is 0 Å². The maximum Gasteiger partial charge on any atom is 0.332 e. The van der Waals surface area contributed by atoms with E-state index in [1.807, 2.05) is 0 Å². The minimum atomic E-state index is -0.977. The highest BCUT2D eigenvalue weighted by atomic mass is 35.5. The van der Waals surface area contributed by atoms with Gasteiger partial charge in [-0.05, 0) is 13.8 Å². The average molecular weight is 207 g/mol. The molecule has 13 heavy (non-hydrogen) atoms. The Balaban J connectivity index is 0. The molecule has 0 aromatic heterocycles. The summed E-state index contributed by atoms with van der Waals surface area (Å²) >= 11 is 5.00. The van der Waals surface area contributed by atoms with Crippen molar-refractivity contribution in [2.24, 2.45) is 0 Å². The van der Waals surface area contributed by atoms with Crippen molar-refractivity contribution in [2.45, 2.75) is 13.8 Å². The molecular weight excluding hydrogens is 196 g/mol. The van der Waals surface area contributed by atoms with E-state index in [1.165, 1.54) is 13.8 Å². The van der Waals surface area contributed by atoms with Crippen molar-refractivity contribution in [3.63, 3.8) is 0 Å². The Morgan fingerprint density at radius 2 is 1.54 bits per heavy atom. The van der Waals surface area contributed by atoms with Gasteiger partial charge in [0.2, 0.25) is 0 Å². The molecule has 0 heterocycles. The molecule has 0 spiro atoms. The zero-order valence-corrected chi connectivity index (χ0v) is 8.13. The molecule has 0 rings (SSSR count). The lowest BCUT2D eigenvalue weighted by molar-refractivity contribution is -0.133. The van der Waals surface area contributed by atoms with Gasteiger partial charge in [-0.25, -0.2) is 9.59 Å². The molecule has 0 saturated heterocycles. The molecule has 0 unspecified atom stereocenters. The largest absolute Gasteiger partial charge is 0.478 e. The van der Waals surface area contributed by atoms with Crippen LogP contribution in [0.5, 0.6) is 0 Å². The Morgan fingerprint density at radius 1 is 1.23 bits per heavy atom. The van der Waals surface area contributed by atoms with Gasteiger partial charge in [-0.3, -0.25) is 0 Å². The fraction of sp³-hybridized carbons (Fsp3) is 0.250. The third kappa shape index (κ3) is 10.7. The molecule has 74 valence electrons. The molecule has 0 amide bonds. The van der Waals surface area contributed by atoms with E-state index < -0.39 is 11.9 Å². The molecule has 0 aliphatic carbocycles. The molecule has 0 aromatic carbocycles. The number of rotatable bonds is 2. The predicted molar refractivity (Wildman–Crippen MR) is 49.7 cm³/mol. The van der Waals surface area contributed by atoms with Crippen molar-refractivity contribution in [1.29, 1.82) is 0 Å². The van der Waals surface area contributed by atoms with Crippen LogP contribution in [0.3, 0.4) is 0 Å². The number of hydrogen-bond acceptors (Lipinski definition) is 2. The first kappa shape index (κ1) is 14.2. The molecular formula is C8H11ClO4. The second-order valence-electron chi connectivity index (χ2n) is 2.18. The minimum Gasteiger partial charge on any atom is -0.478 e. The molecule has 0 bridgehead atoms. The van der Waals surface area contributed by atoms with E-state index in [0.717, 1.165) is 5.54 Å². The summed E-state index contributed by atoms with van der Waals surface area (Å²) < 4.78 is 0. The Bertz CT molecular complexity index is 231. The fourth-order valence-electron chi connectivity index (χ4n) is 0.0467. The summed E-state index contributed by atoms with van der Waals surface area (Å²) in [5, 5.41) is 15.9. The molecule has 0 aromatic rings. The van der Waals surface area contributed by atoms with Crippen LogP contribution in [0.1, 0.15) is 13.8 Å². The first-order valence-corrected chi connectivity index (χ1v) is 3.65. The zero-order chi connectivity index (χ0) is 11.0. The van der Waals surface area contributed by atoms with Gasteiger partial charge >= 0.3 is 11.9 Å². The van der Waals surface area contributed by atoms with Gasteiger partial charge in [0.1, 0.15) is 0 Å². The summed E-state index contributed by atoms with van der Waals surface area (Å²) in [5.74, 6) is -1.91. The average Bonchev–Trinajstić information content (AvgIpc) is 2.03. The van der Waals surface area contributed by atoms with Crippen LogP contribution in [0.4, 0.5) is 0 Å². The quantitative estimate of drug-likeness (QED) is 0.677. The molecule has 0 fully saturated rings. The van der Waals surface area contributed by atoms with Gasteiger partial charge in [0.05, 0.1) is 0 Å². The van der Waals surface area contributed by atoms with Gasteiger partial charge in [-0.2, -0.15) is 0 Å². The number of carboxylic acid groups (broad SMARTS) is 2. The third-order valence-electron chi connectivity index (χ3n) is 0.866. The number of hydrogen-bond donors (Lipinski definition) is 2. The topological polar surface area (TPSA) is 74.6 Å². The van der Waals surface area contributed by atoms with Gasteiger partial charge in [0.25, 0.3) is 0 Å². The van der Waals surface area contributed by atoms with Crippen LogP contribution in [-0.4, -0.2) is 22.2 Å². The van der Waals surface area contributed by atoms with Crippen LogP contribution in [0.15, 0.2) is 23.3 Å². The van der Waals surface area contributed by atoms with Gasteiger partial charge in [0, 0.05) is 16.7 Å². The monoisotopic (exact) mass is 206 g/mol. The molecule has 0 aliphatic heterocycles. The van der Waals surface area contributed by atoms with E-state index in [1.54, 1.807) is 0 Å². The molecule has 5 heteroatoms. The van der Waals surface area contributed by atoms with Crippen molar-refractivity contribution in [2.75, 3.05) is 0 Å². The smallest absolute Gasteiger partial charge is 0.332 e. The first-order chi connectivity index (χ1) is 5.82. The molecule has 2 N–H and O–H groups in total. The zero-order valence-electron chi connectivity index (χ0n) is 7.37. The van der Waals surface area contributed by atoms with Crippen molar-refractivity contribution < 1.29 is 19.8 Å². The summed E-state index contributed by atoms with van der Waals surface area (Å²) in [7, 11) is 0. The number of aliphatic carboxylic acids is 2. The van der Waals surface area contributed by atoms with E-state index in [9.17, 15) is 9.59 Å². The van der Waals surface area contributed by atoms with E-state index in [2.05, 4.69) is 6.58 Å². The van der Waals surface area contributed by atoms with Crippen LogP contribution >= 0.6 is 11.6 Å². The Morgan fingerprint density at radius 3 is 1.54 bits per heavy atom. The van der Waals surface area contributed by atoms with Gasteiger partial charge < -0.3 is 10.2 Å². The Kier molecular flexibility index (Phi) is 8.07. The summed E-state index contributed by atoms with van der Waals surface area (Å²) in [4.78, 5) is 19.4. The van der Waals surface area contributed by atoms with Crippen LogP contribution < -0.4 is 0 Å². The van der Waals surface area contributed by atoms with Crippen molar-refractivity contribution in [3.8, 4) is 0 Å². The van der Waals surface area contributed by atoms with Gasteiger partial charge in [0.15, 0.2) is 0 Å². The van der Waals surface area contributed by atoms with Crippen LogP contribution in [0.25, 0.3) is 0 Å². The van der Waals surface area contributed by atoms with Crippen LogP contribution in [0, 0.1) is 0 Å². The number of carbonyl (C=O) groups is 2. The molecule has 4 nitrogen and oxygen atoms in total. The van der Waals surface area contributed by atoms with E-state index in [4.69, 9.17) is 21.8 Å². The van der Waals surface area contributed by atoms with Gasteiger partial charge in [-0.15, -0.1) is 0 Å². The summed E-state index contributed by atoms with van der Waals surface area (Å²) in [5.41, 5.74) is 1.36. The van der Waals surface area contributed by atoms with E-state index >= 15 is 0 Å². The fourth-order valence-corrected chi connectivity index (χ4v) is 0.140. The second-order valence-corrected chi connectivity index (χ2v) is 2.40. The SMILES string of the molecule is C=C(C)C(=O)O.CC(=CCl)C(=O)O. The predicted octanol–water partition coefficient (Wildman–Crippen LogP) is 1.86. The molecule has 0 atom stereocenters. The first-order valence-electron chi connectivity index (χ1n) is 3.22. The highest BCUT2D eigenvalue weighted by Gasteiger charge is 1.94. The molecule has 0 radical (unpaired) electrons. The normalized spacial score (nSPS) is 9.62. The third-order valence-corrected chi connectivity index (χ3v) is 1.19. The van der Waals surface area contributed by atoms with Crippen LogP contribution in [-0.2, 0) is 9.59 Å². The lowest BCUT2D eigenvalue weighted by atomic mass is 10.4. The lowest BCUT2D eigenvalue weighted by Crippen LogP contribution is -1.93. The Hall–Kier alpha value is -1.29. The number of carboxylic acids is 2. The van der Waals surface area contributed by atoms with Gasteiger partial charge in [-0.1, -0.05) is 18.2 Å². The highest BCUT2D eigenvalue weighted by molar-refractivity contribution is 6.27. The maximum absolute atomic E-state index is 9.78. The molecule has 0 saturated carbocycles. The standard InChI is InChI=1S/C4H5ClO2.C4H6O2/c1-3(2-5)4(6)7;1-3(2)4(5)6/h2H,1H3,(H,6,7);1H2,2H3,(H,5,6). The van der Waals surface area contributed by atoms with E-state index in [-0.39, 0.29) is 11.1 Å². The summed E-state index contributed by atoms with van der Waals surface area (Å²) in [6.45, 7) is 6.03. The van der Waals surface area contributed by atoms with Crippen LogP contribution in [0.2, 0.25) is 0 Å². The maximum atomic E-state index is 9.78. The van der Waals surface area contributed by atoms with Crippen molar-refractivity contribution >= 4 is 23.5 Å². The second kappa shape index (κ2) is 7.36. The Labute approximate surface area is 81.1 Å².